The number of Topliss-reactive ketones (excluding diaryl/α,β-unsaturated/α-hetero) is 1. The molecular weight excluding hydrogens is 288 g/mol. The van der Waals surface area contributed by atoms with E-state index in [1.165, 1.54) is 0 Å². The third kappa shape index (κ3) is 1.84. The van der Waals surface area contributed by atoms with Crippen molar-refractivity contribution in [3.8, 4) is 0 Å². The maximum absolute atomic E-state index is 11.7. The van der Waals surface area contributed by atoms with Gasteiger partial charge < -0.3 is 5.73 Å². The summed E-state index contributed by atoms with van der Waals surface area (Å²) in [6, 6.07) is 3.35. The van der Waals surface area contributed by atoms with Crippen molar-refractivity contribution in [2.24, 2.45) is 5.73 Å². The number of rotatable bonds is 2. The highest BCUT2D eigenvalue weighted by atomic mass is 79.9. The molecule has 1 aliphatic heterocycles. The van der Waals surface area contributed by atoms with Crippen LogP contribution in [-0.2, 0) is 9.59 Å². The molecule has 88 valence electrons. The van der Waals surface area contributed by atoms with E-state index in [2.05, 4.69) is 15.9 Å². The smallest absolute Gasteiger partial charge is 0.299 e. The normalized spacial score (nSPS) is 14.1. The zero-order valence-corrected chi connectivity index (χ0v) is 10.6. The van der Waals surface area contributed by atoms with Gasteiger partial charge in [0.25, 0.3) is 11.7 Å². The van der Waals surface area contributed by atoms with Gasteiger partial charge in [-0.15, -0.1) is 0 Å². The molecule has 2 N–H and O–H groups in total. The summed E-state index contributed by atoms with van der Waals surface area (Å²) in [6.07, 6.45) is 0. The Morgan fingerprint density at radius 2 is 2.06 bits per heavy atom. The number of nitrogens with two attached hydrogens (primary N) is 1. The number of halogens is 1. The van der Waals surface area contributed by atoms with Gasteiger partial charge in [0, 0.05) is 4.47 Å². The molecule has 6 heteroatoms. The van der Waals surface area contributed by atoms with E-state index < -0.39 is 17.6 Å². The van der Waals surface area contributed by atoms with Crippen LogP contribution in [0.4, 0.5) is 5.69 Å². The molecule has 0 saturated carbocycles. The van der Waals surface area contributed by atoms with E-state index in [0.717, 1.165) is 14.9 Å². The molecule has 1 heterocycles. The predicted octanol–water partition coefficient (Wildman–Crippen LogP) is 0.772. The molecule has 1 aromatic carbocycles. The van der Waals surface area contributed by atoms with Crippen LogP contribution in [0.15, 0.2) is 16.6 Å². The fourth-order valence-electron chi connectivity index (χ4n) is 1.91. The van der Waals surface area contributed by atoms with Gasteiger partial charge in [0.2, 0.25) is 5.91 Å². The Kier molecular flexibility index (Phi) is 2.74. The summed E-state index contributed by atoms with van der Waals surface area (Å²) in [6.45, 7) is 1.49. The fraction of sp³-hybridized carbons (Fsp3) is 0.182. The van der Waals surface area contributed by atoms with Gasteiger partial charge in [0.05, 0.1) is 11.3 Å². The topological polar surface area (TPSA) is 80.5 Å². The minimum Gasteiger partial charge on any atom is -0.368 e. The Balaban J connectivity index is 2.60. The van der Waals surface area contributed by atoms with Crippen LogP contribution in [0.25, 0.3) is 0 Å². The quantitative estimate of drug-likeness (QED) is 0.819. The van der Waals surface area contributed by atoms with Crippen molar-refractivity contribution in [2.75, 3.05) is 11.4 Å². The lowest BCUT2D eigenvalue weighted by Gasteiger charge is -2.16. The number of anilines is 1. The number of hydrogen-bond donors (Lipinski definition) is 1. The van der Waals surface area contributed by atoms with Gasteiger partial charge in [-0.25, -0.2) is 0 Å². The lowest BCUT2D eigenvalue weighted by molar-refractivity contribution is -0.120. The molecule has 1 aromatic rings. The van der Waals surface area contributed by atoms with E-state index in [-0.39, 0.29) is 6.54 Å². The zero-order valence-electron chi connectivity index (χ0n) is 8.99. The molecule has 0 aliphatic carbocycles. The number of nitrogens with zero attached hydrogens (tertiary/aromatic N) is 1. The second kappa shape index (κ2) is 3.96. The predicted molar refractivity (Wildman–Crippen MR) is 64.8 cm³/mol. The van der Waals surface area contributed by atoms with Crippen LogP contribution in [0, 0.1) is 6.92 Å². The molecule has 2 amide bonds. The van der Waals surface area contributed by atoms with Crippen LogP contribution >= 0.6 is 15.9 Å². The average Bonchev–Trinajstić information content (AvgIpc) is 2.43. The Morgan fingerprint density at radius 3 is 2.65 bits per heavy atom. The molecule has 0 bridgehead atoms. The Morgan fingerprint density at radius 1 is 1.41 bits per heavy atom. The molecule has 0 radical (unpaired) electrons. The first-order valence-corrected chi connectivity index (χ1v) is 5.65. The molecule has 17 heavy (non-hydrogen) atoms. The molecule has 2 rings (SSSR count). The van der Waals surface area contributed by atoms with E-state index >= 15 is 0 Å². The van der Waals surface area contributed by atoms with E-state index in [9.17, 15) is 14.4 Å². The Labute approximate surface area is 106 Å². The number of primary amides is 1. The SMILES string of the molecule is Cc1cc(Br)cc2c1N(CC(N)=O)C(=O)C2=O. The van der Waals surface area contributed by atoms with Gasteiger partial charge in [-0.1, -0.05) is 15.9 Å². The minimum absolute atomic E-state index is 0.278. The maximum atomic E-state index is 11.7. The number of carbonyl (C=O) groups is 3. The molecule has 0 spiro atoms. The summed E-state index contributed by atoms with van der Waals surface area (Å²) in [5.74, 6) is -1.97. The van der Waals surface area contributed by atoms with Crippen LogP contribution in [0.1, 0.15) is 15.9 Å². The van der Waals surface area contributed by atoms with Crippen molar-refractivity contribution in [3.63, 3.8) is 0 Å². The highest BCUT2D eigenvalue weighted by Crippen LogP contribution is 2.34. The number of ketones is 1. The maximum Gasteiger partial charge on any atom is 0.299 e. The molecule has 1 aliphatic rings. The summed E-state index contributed by atoms with van der Waals surface area (Å²) in [5, 5.41) is 0. The van der Waals surface area contributed by atoms with Gasteiger partial charge in [-0.2, -0.15) is 0 Å². The molecule has 0 unspecified atom stereocenters. The summed E-state index contributed by atoms with van der Waals surface area (Å²) < 4.78 is 0.718. The Hall–Kier alpha value is -1.69. The molecule has 0 saturated heterocycles. The van der Waals surface area contributed by atoms with Crippen LogP contribution in [-0.4, -0.2) is 24.1 Å². The van der Waals surface area contributed by atoms with Gasteiger partial charge in [-0.05, 0) is 24.6 Å². The second-order valence-electron chi connectivity index (χ2n) is 3.81. The van der Waals surface area contributed by atoms with Crippen LogP contribution in [0.3, 0.4) is 0 Å². The van der Waals surface area contributed by atoms with E-state index in [1.54, 1.807) is 19.1 Å². The number of amides is 2. The molecule has 5 nitrogen and oxygen atoms in total. The van der Waals surface area contributed by atoms with E-state index in [4.69, 9.17) is 5.73 Å². The number of carbonyl (C=O) groups excluding carboxylic acids is 3. The number of hydrogen-bond acceptors (Lipinski definition) is 3. The van der Waals surface area contributed by atoms with Crippen LogP contribution < -0.4 is 10.6 Å². The largest absolute Gasteiger partial charge is 0.368 e. The zero-order chi connectivity index (χ0) is 12.7. The van der Waals surface area contributed by atoms with E-state index in [0.29, 0.717) is 11.3 Å². The summed E-state index contributed by atoms with van der Waals surface area (Å²) >= 11 is 3.26. The highest BCUT2D eigenvalue weighted by molar-refractivity contribution is 9.10. The first-order chi connectivity index (χ1) is 7.91. The first-order valence-electron chi connectivity index (χ1n) is 4.86. The third-order valence-electron chi connectivity index (χ3n) is 2.53. The van der Waals surface area contributed by atoms with Crippen LogP contribution in [0.5, 0.6) is 0 Å². The van der Waals surface area contributed by atoms with Crippen molar-refractivity contribution < 1.29 is 14.4 Å². The third-order valence-corrected chi connectivity index (χ3v) is 2.99. The van der Waals surface area contributed by atoms with Gasteiger partial charge in [0.15, 0.2) is 0 Å². The molecule has 0 aromatic heterocycles. The summed E-state index contributed by atoms with van der Waals surface area (Å²) in [4.78, 5) is 35.5. The molecule has 0 atom stereocenters. The lowest BCUT2D eigenvalue weighted by atomic mass is 10.1. The van der Waals surface area contributed by atoms with E-state index in [1.807, 2.05) is 0 Å². The van der Waals surface area contributed by atoms with Crippen molar-refractivity contribution in [1.82, 2.24) is 0 Å². The minimum atomic E-state index is -0.708. The van der Waals surface area contributed by atoms with Crippen LogP contribution in [0.2, 0.25) is 0 Å². The summed E-state index contributed by atoms with van der Waals surface area (Å²) in [7, 11) is 0. The van der Waals surface area contributed by atoms with Crippen molar-refractivity contribution in [1.29, 1.82) is 0 Å². The average molecular weight is 297 g/mol. The monoisotopic (exact) mass is 296 g/mol. The van der Waals surface area contributed by atoms with Crippen molar-refractivity contribution in [2.45, 2.75) is 6.92 Å². The summed E-state index contributed by atoms with van der Waals surface area (Å²) in [5.41, 5.74) is 6.59. The van der Waals surface area contributed by atoms with Crippen molar-refractivity contribution >= 4 is 39.2 Å². The van der Waals surface area contributed by atoms with Gasteiger partial charge >= 0.3 is 0 Å². The van der Waals surface area contributed by atoms with Gasteiger partial charge in [-0.3, -0.25) is 19.3 Å². The first kappa shape index (κ1) is 11.8. The van der Waals surface area contributed by atoms with Gasteiger partial charge in [0.1, 0.15) is 6.54 Å². The fourth-order valence-corrected chi connectivity index (χ4v) is 2.49. The lowest BCUT2D eigenvalue weighted by Crippen LogP contribution is -2.37. The number of benzene rings is 1. The number of fused-ring (bicyclic) bond motifs is 1. The standard InChI is InChI=1S/C11H9BrN2O3/c1-5-2-6(12)3-7-9(5)14(4-8(13)15)11(17)10(7)16/h2-3H,4H2,1H3,(H2,13,15). The second-order valence-corrected chi connectivity index (χ2v) is 4.72. The Bertz CT molecular complexity index is 554. The number of aryl methyl sites for hydroxylation is 1. The highest BCUT2D eigenvalue weighted by Gasteiger charge is 2.37. The molecular formula is C11H9BrN2O3. The molecule has 0 fully saturated rings. The van der Waals surface area contributed by atoms with Crippen molar-refractivity contribution in [3.05, 3.63) is 27.7 Å².